The first-order valence-corrected chi connectivity index (χ1v) is 6.34. The maximum Gasteiger partial charge on any atom is 0.141 e. The summed E-state index contributed by atoms with van der Waals surface area (Å²) in [4.78, 5) is 6.43. The van der Waals surface area contributed by atoms with Crippen LogP contribution in [0.2, 0.25) is 0 Å². The summed E-state index contributed by atoms with van der Waals surface area (Å²) in [6, 6.07) is 1.50. The molecule has 1 saturated heterocycles. The van der Waals surface area contributed by atoms with Gasteiger partial charge in [-0.15, -0.1) is 0 Å². The highest BCUT2D eigenvalue weighted by Gasteiger charge is 2.24. The number of hydrogen-bond acceptors (Lipinski definition) is 3. The quantitative estimate of drug-likeness (QED) is 0.873. The van der Waals surface area contributed by atoms with Crippen LogP contribution in [0.15, 0.2) is 12.3 Å². The molecule has 1 aromatic rings. The lowest BCUT2D eigenvalue weighted by Crippen LogP contribution is -2.23. The van der Waals surface area contributed by atoms with E-state index in [-0.39, 0.29) is 5.82 Å². The van der Waals surface area contributed by atoms with E-state index in [4.69, 9.17) is 5.73 Å². The minimum atomic E-state index is -0.307. The smallest absolute Gasteiger partial charge is 0.141 e. The van der Waals surface area contributed by atoms with Gasteiger partial charge in [-0.3, -0.25) is 0 Å². The Morgan fingerprint density at radius 3 is 3.12 bits per heavy atom. The average Bonchev–Trinajstić information content (AvgIpc) is 2.78. The Labute approximate surface area is 102 Å². The zero-order valence-corrected chi connectivity index (χ0v) is 10.3. The topological polar surface area (TPSA) is 42.2 Å². The van der Waals surface area contributed by atoms with Crippen LogP contribution >= 0.6 is 0 Å². The Bertz CT molecular complexity index is 381. The maximum atomic E-state index is 13.1. The van der Waals surface area contributed by atoms with E-state index >= 15 is 0 Å². The van der Waals surface area contributed by atoms with Crippen molar-refractivity contribution in [2.45, 2.75) is 32.7 Å². The van der Waals surface area contributed by atoms with E-state index in [1.54, 1.807) is 0 Å². The standard InChI is InChI=1S/C13H20FN3/c1-2-3-10-4-5-17(9-10)13-11(7-15)6-12(14)8-16-13/h6,8,10H,2-5,7,9,15H2,1H3. The molecular weight excluding hydrogens is 217 g/mol. The summed E-state index contributed by atoms with van der Waals surface area (Å²) in [5.74, 6) is 1.31. The number of nitrogens with zero attached hydrogens (tertiary/aromatic N) is 2. The predicted octanol–water partition coefficient (Wildman–Crippen LogP) is 2.31. The highest BCUT2D eigenvalue weighted by atomic mass is 19.1. The zero-order valence-electron chi connectivity index (χ0n) is 10.3. The second kappa shape index (κ2) is 5.45. The number of hydrogen-bond donors (Lipinski definition) is 1. The van der Waals surface area contributed by atoms with E-state index in [1.165, 1.54) is 31.5 Å². The van der Waals surface area contributed by atoms with Crippen LogP contribution in [0.25, 0.3) is 0 Å². The fourth-order valence-corrected chi connectivity index (χ4v) is 2.58. The lowest BCUT2D eigenvalue weighted by Gasteiger charge is -2.20. The molecule has 4 heteroatoms. The van der Waals surface area contributed by atoms with Gasteiger partial charge >= 0.3 is 0 Å². The van der Waals surface area contributed by atoms with Crippen molar-refractivity contribution >= 4 is 5.82 Å². The van der Waals surface area contributed by atoms with Gasteiger partial charge in [0.25, 0.3) is 0 Å². The SMILES string of the molecule is CCCC1CCN(c2ncc(F)cc2CN)C1. The summed E-state index contributed by atoms with van der Waals surface area (Å²) in [6.07, 6.45) is 4.97. The maximum absolute atomic E-state index is 13.1. The van der Waals surface area contributed by atoms with Crippen molar-refractivity contribution < 1.29 is 4.39 Å². The average molecular weight is 237 g/mol. The van der Waals surface area contributed by atoms with Gasteiger partial charge in [0, 0.05) is 25.2 Å². The monoisotopic (exact) mass is 237 g/mol. The van der Waals surface area contributed by atoms with Crippen molar-refractivity contribution in [3.05, 3.63) is 23.6 Å². The number of pyridine rings is 1. The van der Waals surface area contributed by atoms with Crippen molar-refractivity contribution in [1.29, 1.82) is 0 Å². The van der Waals surface area contributed by atoms with E-state index in [1.807, 2.05) is 0 Å². The number of nitrogens with two attached hydrogens (primary N) is 1. The van der Waals surface area contributed by atoms with Gasteiger partial charge in [0.05, 0.1) is 6.20 Å². The van der Waals surface area contributed by atoms with Gasteiger partial charge < -0.3 is 10.6 Å². The Balaban J connectivity index is 2.12. The first-order valence-electron chi connectivity index (χ1n) is 6.34. The first-order chi connectivity index (χ1) is 8.24. The van der Waals surface area contributed by atoms with Gasteiger partial charge in [-0.1, -0.05) is 13.3 Å². The minimum Gasteiger partial charge on any atom is -0.356 e. The molecule has 2 N–H and O–H groups in total. The summed E-state index contributed by atoms with van der Waals surface area (Å²) in [7, 11) is 0. The molecule has 0 aliphatic carbocycles. The molecule has 1 aliphatic heterocycles. The highest BCUT2D eigenvalue weighted by molar-refractivity contribution is 5.47. The lowest BCUT2D eigenvalue weighted by atomic mass is 10.0. The Kier molecular flexibility index (Phi) is 3.94. The Hall–Kier alpha value is -1.16. The Morgan fingerprint density at radius 2 is 2.41 bits per heavy atom. The van der Waals surface area contributed by atoms with Crippen LogP contribution in [-0.2, 0) is 6.54 Å². The van der Waals surface area contributed by atoms with E-state index in [0.717, 1.165) is 30.4 Å². The van der Waals surface area contributed by atoms with E-state index in [9.17, 15) is 4.39 Å². The fourth-order valence-electron chi connectivity index (χ4n) is 2.58. The molecule has 17 heavy (non-hydrogen) atoms. The van der Waals surface area contributed by atoms with E-state index in [0.29, 0.717) is 6.54 Å². The molecule has 0 aromatic carbocycles. The van der Waals surface area contributed by atoms with Crippen LogP contribution in [0.1, 0.15) is 31.7 Å². The van der Waals surface area contributed by atoms with Crippen LogP contribution in [0.3, 0.4) is 0 Å². The molecule has 0 radical (unpaired) electrons. The van der Waals surface area contributed by atoms with Crippen LogP contribution in [-0.4, -0.2) is 18.1 Å². The number of anilines is 1. The van der Waals surface area contributed by atoms with Crippen molar-refractivity contribution in [3.8, 4) is 0 Å². The van der Waals surface area contributed by atoms with E-state index in [2.05, 4.69) is 16.8 Å². The molecule has 1 aliphatic rings. The molecule has 1 fully saturated rings. The van der Waals surface area contributed by atoms with Crippen molar-refractivity contribution in [1.82, 2.24) is 4.98 Å². The van der Waals surface area contributed by atoms with Crippen molar-refractivity contribution in [3.63, 3.8) is 0 Å². The van der Waals surface area contributed by atoms with Crippen LogP contribution in [0, 0.1) is 11.7 Å². The number of aromatic nitrogens is 1. The summed E-state index contributed by atoms with van der Waals surface area (Å²) >= 11 is 0. The van der Waals surface area contributed by atoms with Crippen LogP contribution < -0.4 is 10.6 Å². The molecule has 0 spiro atoms. The van der Waals surface area contributed by atoms with E-state index < -0.39 is 0 Å². The van der Waals surface area contributed by atoms with Gasteiger partial charge in [0.2, 0.25) is 0 Å². The first kappa shape index (κ1) is 12.3. The molecule has 1 atom stereocenters. The van der Waals surface area contributed by atoms with Crippen LogP contribution in [0.5, 0.6) is 0 Å². The lowest BCUT2D eigenvalue weighted by molar-refractivity contribution is 0.529. The zero-order chi connectivity index (χ0) is 12.3. The molecule has 2 rings (SSSR count). The second-order valence-corrected chi connectivity index (χ2v) is 4.73. The largest absolute Gasteiger partial charge is 0.356 e. The molecular formula is C13H20FN3. The van der Waals surface area contributed by atoms with Gasteiger partial charge in [-0.05, 0) is 24.8 Å². The molecule has 0 bridgehead atoms. The third kappa shape index (κ3) is 2.75. The predicted molar refractivity (Wildman–Crippen MR) is 67.3 cm³/mol. The summed E-state index contributed by atoms with van der Waals surface area (Å²) in [6.45, 7) is 4.59. The van der Waals surface area contributed by atoms with Crippen molar-refractivity contribution in [2.75, 3.05) is 18.0 Å². The summed E-state index contributed by atoms with van der Waals surface area (Å²) in [5, 5.41) is 0. The molecule has 3 nitrogen and oxygen atoms in total. The molecule has 0 amide bonds. The van der Waals surface area contributed by atoms with Crippen LogP contribution in [0.4, 0.5) is 10.2 Å². The summed E-state index contributed by atoms with van der Waals surface area (Å²) < 4.78 is 13.1. The Morgan fingerprint density at radius 1 is 1.59 bits per heavy atom. The molecule has 1 aromatic heterocycles. The van der Waals surface area contributed by atoms with Gasteiger partial charge in [0.15, 0.2) is 0 Å². The normalized spacial score (nSPS) is 19.9. The van der Waals surface area contributed by atoms with Gasteiger partial charge in [-0.25, -0.2) is 9.37 Å². The molecule has 0 saturated carbocycles. The number of halogens is 1. The molecule has 94 valence electrons. The minimum absolute atomic E-state index is 0.307. The second-order valence-electron chi connectivity index (χ2n) is 4.73. The molecule has 2 heterocycles. The number of rotatable bonds is 4. The fraction of sp³-hybridized carbons (Fsp3) is 0.615. The third-order valence-corrected chi connectivity index (χ3v) is 3.41. The third-order valence-electron chi connectivity index (χ3n) is 3.41. The highest BCUT2D eigenvalue weighted by Crippen LogP contribution is 2.27. The van der Waals surface area contributed by atoms with Gasteiger partial charge in [-0.2, -0.15) is 0 Å². The summed E-state index contributed by atoms with van der Waals surface area (Å²) in [5.41, 5.74) is 6.45. The van der Waals surface area contributed by atoms with Gasteiger partial charge in [0.1, 0.15) is 11.6 Å². The van der Waals surface area contributed by atoms with Crippen molar-refractivity contribution in [2.24, 2.45) is 11.7 Å². The molecule has 1 unspecified atom stereocenters.